The minimum absolute atomic E-state index is 0.282. The van der Waals surface area contributed by atoms with Gasteiger partial charge in [0.25, 0.3) is 0 Å². The molecule has 68 valence electrons. The molecule has 1 heterocycles. The van der Waals surface area contributed by atoms with Gasteiger partial charge in [0, 0.05) is 25.7 Å². The monoisotopic (exact) mass is 167 g/mol. The normalized spacial score (nSPS) is 21.7. The summed E-state index contributed by atoms with van der Waals surface area (Å²) in [5.74, 6) is 3.26. The Hall–Kier alpha value is -0.520. The Kier molecular flexibility index (Phi) is 4.13. The second kappa shape index (κ2) is 5.18. The number of rotatable bonds is 3. The van der Waals surface area contributed by atoms with E-state index in [1.807, 2.05) is 0 Å². The highest BCUT2D eigenvalue weighted by Gasteiger charge is 2.19. The molecule has 0 amide bonds. The lowest BCUT2D eigenvalue weighted by Gasteiger charge is -2.27. The second-order valence-corrected chi connectivity index (χ2v) is 3.36. The minimum atomic E-state index is 0.282. The lowest BCUT2D eigenvalue weighted by Crippen LogP contribution is -2.34. The second-order valence-electron chi connectivity index (χ2n) is 3.36. The Labute approximate surface area is 74.5 Å². The predicted octanol–water partition coefficient (Wildman–Crippen LogP) is 1.15. The molecule has 0 aromatic carbocycles. The van der Waals surface area contributed by atoms with Crippen LogP contribution in [0.15, 0.2) is 0 Å². The Bertz CT molecular complexity index is 156. The molecule has 1 saturated heterocycles. The van der Waals surface area contributed by atoms with Crippen molar-refractivity contribution < 1.29 is 4.74 Å². The first-order chi connectivity index (χ1) is 5.84. The zero-order valence-electron chi connectivity index (χ0n) is 7.46. The lowest BCUT2D eigenvalue weighted by atomic mass is 9.90. The molecule has 0 spiro atoms. The molecule has 2 nitrogen and oxygen atoms in total. The minimum Gasteiger partial charge on any atom is -0.381 e. The molecule has 2 N–H and O–H groups in total. The fourth-order valence-electron chi connectivity index (χ4n) is 1.63. The molecule has 1 unspecified atom stereocenters. The van der Waals surface area contributed by atoms with E-state index in [1.165, 1.54) is 0 Å². The fraction of sp³-hybridized carbons (Fsp3) is 0.800. The van der Waals surface area contributed by atoms with Gasteiger partial charge in [-0.25, -0.2) is 0 Å². The van der Waals surface area contributed by atoms with Crippen LogP contribution in [0.5, 0.6) is 0 Å². The van der Waals surface area contributed by atoms with E-state index >= 15 is 0 Å². The van der Waals surface area contributed by atoms with Crippen molar-refractivity contribution in [2.45, 2.75) is 31.7 Å². The molecule has 12 heavy (non-hydrogen) atoms. The average Bonchev–Trinajstić information content (AvgIpc) is 2.15. The van der Waals surface area contributed by atoms with Gasteiger partial charge in [-0.2, -0.15) is 0 Å². The van der Waals surface area contributed by atoms with Crippen molar-refractivity contribution >= 4 is 0 Å². The van der Waals surface area contributed by atoms with Crippen molar-refractivity contribution in [3.8, 4) is 12.3 Å². The number of hydrogen-bond donors (Lipinski definition) is 1. The van der Waals surface area contributed by atoms with Crippen molar-refractivity contribution in [3.05, 3.63) is 0 Å². The first-order valence-corrected chi connectivity index (χ1v) is 4.61. The van der Waals surface area contributed by atoms with Crippen LogP contribution < -0.4 is 5.73 Å². The van der Waals surface area contributed by atoms with Crippen molar-refractivity contribution in [1.29, 1.82) is 0 Å². The first kappa shape index (κ1) is 9.57. The summed E-state index contributed by atoms with van der Waals surface area (Å²) < 4.78 is 5.26. The zero-order chi connectivity index (χ0) is 8.81. The standard InChI is InChI=1S/C10H17NO/c1-2-3-4-10(11)9-5-7-12-8-6-9/h1,9-10H,3-8,11H2. The average molecular weight is 167 g/mol. The van der Waals surface area contributed by atoms with Crippen LogP contribution in [-0.2, 0) is 4.74 Å². The van der Waals surface area contributed by atoms with Crippen LogP contribution in [0, 0.1) is 18.3 Å². The Morgan fingerprint density at radius 3 is 2.75 bits per heavy atom. The van der Waals surface area contributed by atoms with Gasteiger partial charge in [0.15, 0.2) is 0 Å². The summed E-state index contributed by atoms with van der Waals surface area (Å²) in [6.45, 7) is 1.74. The molecule has 1 rings (SSSR count). The van der Waals surface area contributed by atoms with Gasteiger partial charge in [0.05, 0.1) is 0 Å². The number of nitrogens with two attached hydrogens (primary N) is 1. The predicted molar refractivity (Wildman–Crippen MR) is 49.6 cm³/mol. The van der Waals surface area contributed by atoms with Gasteiger partial charge in [-0.15, -0.1) is 12.3 Å². The highest BCUT2D eigenvalue weighted by molar-refractivity contribution is 4.87. The van der Waals surface area contributed by atoms with E-state index in [0.29, 0.717) is 5.92 Å². The molecule has 1 aliphatic rings. The van der Waals surface area contributed by atoms with E-state index < -0.39 is 0 Å². The molecule has 0 radical (unpaired) electrons. The summed E-state index contributed by atoms with van der Waals surface area (Å²) in [7, 11) is 0. The number of hydrogen-bond acceptors (Lipinski definition) is 2. The summed E-state index contributed by atoms with van der Waals surface area (Å²) in [6, 6.07) is 0.282. The van der Waals surface area contributed by atoms with Crippen molar-refractivity contribution in [2.75, 3.05) is 13.2 Å². The smallest absolute Gasteiger partial charge is 0.0469 e. The molecule has 0 aromatic heterocycles. The Balaban J connectivity index is 2.21. The quantitative estimate of drug-likeness (QED) is 0.640. The Morgan fingerprint density at radius 1 is 1.50 bits per heavy atom. The van der Waals surface area contributed by atoms with Crippen LogP contribution in [0.4, 0.5) is 0 Å². The highest BCUT2D eigenvalue weighted by Crippen LogP contribution is 2.19. The van der Waals surface area contributed by atoms with Crippen LogP contribution in [-0.4, -0.2) is 19.3 Å². The fourth-order valence-corrected chi connectivity index (χ4v) is 1.63. The third kappa shape index (κ3) is 2.84. The van der Waals surface area contributed by atoms with Crippen molar-refractivity contribution in [2.24, 2.45) is 11.7 Å². The summed E-state index contributed by atoms with van der Waals surface area (Å²) >= 11 is 0. The SMILES string of the molecule is C#CCCC(N)C1CCOCC1. The molecule has 1 atom stereocenters. The van der Waals surface area contributed by atoms with Gasteiger partial charge in [-0.3, -0.25) is 0 Å². The van der Waals surface area contributed by atoms with Crippen LogP contribution >= 0.6 is 0 Å². The zero-order valence-corrected chi connectivity index (χ0v) is 7.46. The first-order valence-electron chi connectivity index (χ1n) is 4.61. The van der Waals surface area contributed by atoms with Gasteiger partial charge < -0.3 is 10.5 Å². The van der Waals surface area contributed by atoms with Gasteiger partial charge in [0.1, 0.15) is 0 Å². The van der Waals surface area contributed by atoms with E-state index in [2.05, 4.69) is 5.92 Å². The van der Waals surface area contributed by atoms with Gasteiger partial charge in [-0.05, 0) is 25.2 Å². The van der Waals surface area contributed by atoms with Crippen LogP contribution in [0.3, 0.4) is 0 Å². The maximum atomic E-state index is 5.98. The van der Waals surface area contributed by atoms with E-state index in [-0.39, 0.29) is 6.04 Å². The van der Waals surface area contributed by atoms with Crippen molar-refractivity contribution in [1.82, 2.24) is 0 Å². The summed E-state index contributed by atoms with van der Waals surface area (Å²) in [4.78, 5) is 0. The maximum Gasteiger partial charge on any atom is 0.0469 e. The Morgan fingerprint density at radius 2 is 2.17 bits per heavy atom. The topological polar surface area (TPSA) is 35.2 Å². The molecule has 1 aliphatic heterocycles. The van der Waals surface area contributed by atoms with E-state index in [0.717, 1.165) is 38.9 Å². The summed E-state index contributed by atoms with van der Waals surface area (Å²) in [5, 5.41) is 0. The van der Waals surface area contributed by atoms with Crippen LogP contribution in [0.2, 0.25) is 0 Å². The molecule has 0 aromatic rings. The molecule has 0 bridgehead atoms. The van der Waals surface area contributed by atoms with Gasteiger partial charge in [0.2, 0.25) is 0 Å². The number of terminal acetylenes is 1. The molecule has 0 saturated carbocycles. The third-order valence-corrected chi connectivity index (χ3v) is 2.49. The van der Waals surface area contributed by atoms with Gasteiger partial charge in [-0.1, -0.05) is 0 Å². The van der Waals surface area contributed by atoms with Crippen LogP contribution in [0.1, 0.15) is 25.7 Å². The molecular weight excluding hydrogens is 150 g/mol. The maximum absolute atomic E-state index is 5.98. The molecule has 2 heteroatoms. The number of ether oxygens (including phenoxy) is 1. The lowest BCUT2D eigenvalue weighted by molar-refractivity contribution is 0.0577. The summed E-state index contributed by atoms with van der Waals surface area (Å²) in [5.41, 5.74) is 5.98. The van der Waals surface area contributed by atoms with Crippen molar-refractivity contribution in [3.63, 3.8) is 0 Å². The van der Waals surface area contributed by atoms with Gasteiger partial charge >= 0.3 is 0 Å². The summed E-state index contributed by atoms with van der Waals surface area (Å²) in [6.07, 6.45) is 9.15. The highest BCUT2D eigenvalue weighted by atomic mass is 16.5. The molecule has 1 fully saturated rings. The molecular formula is C10H17NO. The van der Waals surface area contributed by atoms with Crippen LogP contribution in [0.25, 0.3) is 0 Å². The third-order valence-electron chi connectivity index (χ3n) is 2.49. The van der Waals surface area contributed by atoms with E-state index in [9.17, 15) is 0 Å². The largest absolute Gasteiger partial charge is 0.381 e. The van der Waals surface area contributed by atoms with E-state index in [4.69, 9.17) is 16.9 Å². The van der Waals surface area contributed by atoms with E-state index in [1.54, 1.807) is 0 Å². The molecule has 0 aliphatic carbocycles.